The van der Waals surface area contributed by atoms with Gasteiger partial charge in [0.1, 0.15) is 19.8 Å². The van der Waals surface area contributed by atoms with E-state index < -0.39 is 7.82 Å². The number of hydrogen-bond donors (Lipinski definition) is 1. The van der Waals surface area contributed by atoms with Crippen molar-refractivity contribution in [1.29, 1.82) is 0 Å². The molecule has 2 unspecified atom stereocenters. The van der Waals surface area contributed by atoms with Gasteiger partial charge in [0.25, 0.3) is 0 Å². The first-order chi connectivity index (χ1) is 14.1. The average molecular weight is 471 g/mol. The quantitative estimate of drug-likeness (QED) is 0.118. The van der Waals surface area contributed by atoms with E-state index in [1.165, 1.54) is 51.4 Å². The van der Waals surface area contributed by atoms with Crippen LogP contribution >= 0.6 is 19.6 Å². The molecule has 0 aromatic rings. The second-order valence-corrected chi connectivity index (χ2v) is 11.4. The largest absolute Gasteiger partial charge is 0.472 e. The highest BCUT2D eigenvalue weighted by atomic mass is 32.2. The fourth-order valence-electron chi connectivity index (χ4n) is 2.57. The van der Waals surface area contributed by atoms with Crippen LogP contribution in [0.5, 0.6) is 0 Å². The van der Waals surface area contributed by atoms with Crippen LogP contribution in [-0.2, 0) is 23.1 Å². The van der Waals surface area contributed by atoms with E-state index >= 15 is 0 Å². The summed E-state index contributed by atoms with van der Waals surface area (Å²) < 4.78 is 27.3. The molecule has 1 N–H and O–H groups in total. The second-order valence-electron chi connectivity index (χ2n) is 8.77. The lowest BCUT2D eigenvalue weighted by atomic mass is 10.1. The highest BCUT2D eigenvalue weighted by Crippen LogP contribution is 2.42. The van der Waals surface area contributed by atoms with Crippen molar-refractivity contribution < 1.29 is 32.5 Å². The normalized spacial score (nSPS) is 15.0. The number of phosphoric acid groups is 1. The van der Waals surface area contributed by atoms with Crippen molar-refractivity contribution in [3.05, 3.63) is 0 Å². The smallest absolute Gasteiger partial charge is 0.463 e. The van der Waals surface area contributed by atoms with E-state index in [1.807, 2.05) is 28.1 Å². The van der Waals surface area contributed by atoms with Crippen LogP contribution in [0.4, 0.5) is 0 Å². The van der Waals surface area contributed by atoms with Gasteiger partial charge in [-0.15, -0.1) is 0 Å². The number of unbranched alkanes of at least 4 members (excludes halogenated alkanes) is 7. The van der Waals surface area contributed by atoms with Crippen LogP contribution in [0.25, 0.3) is 0 Å². The van der Waals surface area contributed by atoms with E-state index in [-0.39, 0.29) is 31.7 Å². The molecule has 0 bridgehead atoms. The Hall–Kier alpha value is -0.110. The van der Waals surface area contributed by atoms with E-state index in [4.69, 9.17) is 13.8 Å². The van der Waals surface area contributed by atoms with Gasteiger partial charge in [-0.2, -0.15) is 11.8 Å². The Bertz CT molecular complexity index is 487. The molecule has 2 atom stereocenters. The number of thioether (sulfide) groups is 1. The molecule has 0 heterocycles. The van der Waals surface area contributed by atoms with Crippen LogP contribution in [0.1, 0.15) is 65.2 Å². The van der Waals surface area contributed by atoms with Crippen LogP contribution in [0.3, 0.4) is 0 Å². The predicted octanol–water partition coefficient (Wildman–Crippen LogP) is 4.88. The number of carbonyl (C=O) groups is 1. The minimum Gasteiger partial charge on any atom is -0.463 e. The van der Waals surface area contributed by atoms with Crippen molar-refractivity contribution in [2.75, 3.05) is 59.0 Å². The Kier molecular flexibility index (Phi) is 17.4. The molecule has 0 aromatic heterocycles. The monoisotopic (exact) mass is 470 g/mol. The van der Waals surface area contributed by atoms with Crippen molar-refractivity contribution in [1.82, 2.24) is 0 Å². The summed E-state index contributed by atoms with van der Waals surface area (Å²) in [5.74, 6) is 1.28. The molecule has 180 valence electrons. The minimum atomic E-state index is -4.11. The summed E-state index contributed by atoms with van der Waals surface area (Å²) in [5.41, 5.74) is 0. The van der Waals surface area contributed by atoms with Crippen molar-refractivity contribution in [2.45, 2.75) is 65.2 Å². The summed E-state index contributed by atoms with van der Waals surface area (Å²) in [6.07, 6.45) is 10.4. The van der Waals surface area contributed by atoms with Crippen LogP contribution < -0.4 is 0 Å². The van der Waals surface area contributed by atoms with Crippen LogP contribution in [-0.4, -0.2) is 74.4 Å². The predicted molar refractivity (Wildman–Crippen MR) is 125 cm³/mol. The number of nitrogens with zero attached hydrogens (tertiary/aromatic N) is 1. The van der Waals surface area contributed by atoms with Crippen molar-refractivity contribution in [3.63, 3.8) is 0 Å². The first-order valence-corrected chi connectivity index (χ1v) is 13.9. The zero-order chi connectivity index (χ0) is 22.9. The highest BCUT2D eigenvalue weighted by molar-refractivity contribution is 7.99. The molecule has 0 aliphatic heterocycles. The maximum absolute atomic E-state index is 12.0. The summed E-state index contributed by atoms with van der Waals surface area (Å²) in [5, 5.41) is 0. The molecule has 0 spiro atoms. The molecule has 0 aliphatic carbocycles. The Balaban J connectivity index is 3.66. The lowest BCUT2D eigenvalue weighted by Gasteiger charge is -2.24. The van der Waals surface area contributed by atoms with Crippen LogP contribution in [0.2, 0.25) is 0 Å². The Morgan fingerprint density at radius 3 is 2.13 bits per heavy atom. The van der Waals surface area contributed by atoms with Crippen LogP contribution in [0, 0.1) is 5.92 Å². The SMILES string of the molecule is CCCCCCCCCCSCC(C)C(=O)OCCOP(=O)(O)OCC[N+](C)(C)C. The Morgan fingerprint density at radius 2 is 1.53 bits per heavy atom. The summed E-state index contributed by atoms with van der Waals surface area (Å²) in [7, 11) is 1.77. The topological polar surface area (TPSA) is 82.1 Å². The molecular weight excluding hydrogens is 425 g/mol. The zero-order valence-electron chi connectivity index (χ0n) is 19.8. The molecule has 0 aromatic carbocycles. The maximum Gasteiger partial charge on any atom is 0.472 e. The minimum absolute atomic E-state index is 0.0604. The number of quaternary nitrogens is 1. The van der Waals surface area contributed by atoms with E-state index in [9.17, 15) is 14.3 Å². The fourth-order valence-corrected chi connectivity index (χ4v) is 4.33. The van der Waals surface area contributed by atoms with Gasteiger partial charge in [0.05, 0.1) is 33.7 Å². The molecule has 0 saturated carbocycles. The second kappa shape index (κ2) is 17.4. The van der Waals surface area contributed by atoms with E-state index in [0.717, 1.165) is 11.5 Å². The first kappa shape index (κ1) is 29.9. The average Bonchev–Trinajstić information content (AvgIpc) is 2.65. The van der Waals surface area contributed by atoms with Gasteiger partial charge in [0, 0.05) is 5.75 Å². The third kappa shape index (κ3) is 19.8. The van der Waals surface area contributed by atoms with E-state index in [2.05, 4.69) is 6.92 Å². The Labute approximate surface area is 188 Å². The van der Waals surface area contributed by atoms with Gasteiger partial charge < -0.3 is 14.1 Å². The Morgan fingerprint density at radius 1 is 0.967 bits per heavy atom. The molecule has 0 saturated heterocycles. The van der Waals surface area contributed by atoms with E-state index in [1.54, 1.807) is 11.8 Å². The molecule has 0 rings (SSSR count). The van der Waals surface area contributed by atoms with Gasteiger partial charge in [-0.25, -0.2) is 4.57 Å². The molecular formula is C21H45NO6PS+. The first-order valence-electron chi connectivity index (χ1n) is 11.2. The fraction of sp³-hybridized carbons (Fsp3) is 0.952. The van der Waals surface area contributed by atoms with E-state index in [0.29, 0.717) is 11.0 Å². The lowest BCUT2D eigenvalue weighted by molar-refractivity contribution is -0.870. The number of carbonyl (C=O) groups excluding carboxylic acids is 1. The summed E-state index contributed by atoms with van der Waals surface area (Å²) in [4.78, 5) is 21.6. The van der Waals surface area contributed by atoms with Gasteiger partial charge in [-0.05, 0) is 12.2 Å². The van der Waals surface area contributed by atoms with Gasteiger partial charge in [0.2, 0.25) is 0 Å². The van der Waals surface area contributed by atoms with Crippen LogP contribution in [0.15, 0.2) is 0 Å². The maximum atomic E-state index is 12.0. The third-order valence-electron chi connectivity index (χ3n) is 4.51. The number of esters is 1. The van der Waals surface area contributed by atoms with Gasteiger partial charge in [-0.3, -0.25) is 13.8 Å². The number of phosphoric ester groups is 1. The number of ether oxygens (including phenoxy) is 1. The number of rotatable bonds is 20. The summed E-state index contributed by atoms with van der Waals surface area (Å²) >= 11 is 1.78. The number of likely N-dealkylation sites (N-methyl/N-ethyl adjacent to an activating group) is 1. The molecule has 0 fully saturated rings. The summed E-state index contributed by atoms with van der Waals surface area (Å²) in [6, 6.07) is 0. The van der Waals surface area contributed by atoms with Gasteiger partial charge >= 0.3 is 13.8 Å². The number of hydrogen-bond acceptors (Lipinski definition) is 6. The van der Waals surface area contributed by atoms with Crippen molar-refractivity contribution in [3.8, 4) is 0 Å². The molecule has 0 amide bonds. The van der Waals surface area contributed by atoms with Gasteiger partial charge in [-0.1, -0.05) is 58.8 Å². The molecule has 7 nitrogen and oxygen atoms in total. The molecule has 0 radical (unpaired) electrons. The molecule has 9 heteroatoms. The van der Waals surface area contributed by atoms with Gasteiger partial charge in [0.15, 0.2) is 0 Å². The van der Waals surface area contributed by atoms with Crippen molar-refractivity contribution >= 4 is 25.6 Å². The van der Waals surface area contributed by atoms with Crippen molar-refractivity contribution in [2.24, 2.45) is 5.92 Å². The molecule has 30 heavy (non-hydrogen) atoms. The zero-order valence-corrected chi connectivity index (χ0v) is 21.5. The standard InChI is InChI=1S/C21H44NO6PS/c1-6-7-8-9-10-11-12-13-18-30-19-20(2)21(23)26-16-17-28-29(24,25)27-15-14-22(3,4)5/h20H,6-19H2,1-5H3/p+1. The lowest BCUT2D eigenvalue weighted by Crippen LogP contribution is -2.37. The summed E-state index contributed by atoms with van der Waals surface area (Å²) in [6.45, 7) is 4.55. The highest BCUT2D eigenvalue weighted by Gasteiger charge is 2.23. The molecule has 0 aliphatic rings. The third-order valence-corrected chi connectivity index (χ3v) is 6.84.